The van der Waals surface area contributed by atoms with Gasteiger partial charge in [-0.25, -0.2) is 17.6 Å². The highest BCUT2D eigenvalue weighted by molar-refractivity contribution is 6.08. The number of benzene rings is 2. The van der Waals surface area contributed by atoms with E-state index >= 15 is 0 Å². The molecule has 0 unspecified atom stereocenters. The van der Waals surface area contributed by atoms with Crippen LogP contribution < -0.4 is 5.32 Å². The monoisotopic (exact) mass is 366 g/mol. The summed E-state index contributed by atoms with van der Waals surface area (Å²) in [5.41, 5.74) is -0.276. The van der Waals surface area contributed by atoms with Gasteiger partial charge in [-0.05, 0) is 29.8 Å². The number of hydrogen-bond acceptors (Lipinski definition) is 2. The molecular weight excluding hydrogens is 352 g/mol. The second-order valence-electron chi connectivity index (χ2n) is 6.10. The van der Waals surface area contributed by atoms with Crippen molar-refractivity contribution in [3.8, 4) is 0 Å². The summed E-state index contributed by atoms with van der Waals surface area (Å²) in [5, 5.41) is 2.18. The van der Waals surface area contributed by atoms with Crippen molar-refractivity contribution in [2.75, 3.05) is 18.9 Å². The molecule has 1 aliphatic rings. The second-order valence-corrected chi connectivity index (χ2v) is 6.10. The van der Waals surface area contributed by atoms with Crippen molar-refractivity contribution in [1.29, 1.82) is 0 Å². The quantitative estimate of drug-likeness (QED) is 0.671. The van der Waals surface area contributed by atoms with Gasteiger partial charge in [0.05, 0.1) is 5.69 Å². The Kier molecular flexibility index (Phi) is 4.67. The molecule has 1 N–H and O–H groups in total. The largest absolute Gasteiger partial charge is 0.344 e. The molecule has 1 aliphatic heterocycles. The molecule has 0 aromatic heterocycles. The molecule has 3 rings (SSSR count). The Labute approximate surface area is 146 Å². The van der Waals surface area contributed by atoms with Crippen molar-refractivity contribution in [2.24, 2.45) is 5.92 Å². The lowest BCUT2D eigenvalue weighted by atomic mass is 9.87. The number of nitrogens with one attached hydrogen (secondary N) is 1. The molecule has 2 aromatic rings. The summed E-state index contributed by atoms with van der Waals surface area (Å²) in [4.78, 5) is 26.2. The van der Waals surface area contributed by atoms with Crippen LogP contribution in [0.2, 0.25) is 0 Å². The second kappa shape index (κ2) is 6.78. The van der Waals surface area contributed by atoms with Crippen LogP contribution in [-0.4, -0.2) is 30.3 Å². The first-order chi connectivity index (χ1) is 12.3. The molecule has 0 spiro atoms. The standard InChI is InChI=1S/C18H14F4N2O2/c1-24-8-12(9-5-10(19)7-11(20)6-9)15(18(24)26)17(25)23-14-4-2-3-13(21)16(14)22/h2-7,12,15H,8H2,1H3,(H,23,25)/t12-,15+/m1/s1. The molecule has 2 atom stereocenters. The third kappa shape index (κ3) is 3.26. The Balaban J connectivity index is 1.93. The normalized spacial score (nSPS) is 19.7. The van der Waals surface area contributed by atoms with Crippen LogP contribution in [0, 0.1) is 29.2 Å². The third-order valence-electron chi connectivity index (χ3n) is 4.32. The zero-order valence-corrected chi connectivity index (χ0v) is 13.6. The van der Waals surface area contributed by atoms with Crippen LogP contribution in [0.1, 0.15) is 11.5 Å². The maximum absolute atomic E-state index is 13.8. The first-order valence-electron chi connectivity index (χ1n) is 7.73. The molecule has 1 heterocycles. The molecular formula is C18H14F4N2O2. The lowest BCUT2D eigenvalue weighted by molar-refractivity contribution is -0.135. The average Bonchev–Trinajstić information content (AvgIpc) is 2.86. The number of carbonyl (C=O) groups excluding carboxylic acids is 2. The van der Waals surface area contributed by atoms with Gasteiger partial charge >= 0.3 is 0 Å². The van der Waals surface area contributed by atoms with Gasteiger partial charge in [0.15, 0.2) is 11.6 Å². The summed E-state index contributed by atoms with van der Waals surface area (Å²) >= 11 is 0. The van der Waals surface area contributed by atoms with Crippen LogP contribution in [0.3, 0.4) is 0 Å². The van der Waals surface area contributed by atoms with Gasteiger partial charge in [-0.3, -0.25) is 9.59 Å². The average molecular weight is 366 g/mol. The Morgan fingerprint density at radius 3 is 2.42 bits per heavy atom. The number of hydrogen-bond donors (Lipinski definition) is 1. The molecule has 26 heavy (non-hydrogen) atoms. The minimum Gasteiger partial charge on any atom is -0.344 e. The molecule has 136 valence electrons. The highest BCUT2D eigenvalue weighted by atomic mass is 19.2. The number of amides is 2. The van der Waals surface area contributed by atoms with Gasteiger partial charge in [-0.15, -0.1) is 0 Å². The molecule has 0 bridgehead atoms. The summed E-state index contributed by atoms with van der Waals surface area (Å²) in [7, 11) is 1.45. The zero-order valence-electron chi connectivity index (χ0n) is 13.6. The third-order valence-corrected chi connectivity index (χ3v) is 4.32. The fourth-order valence-electron chi connectivity index (χ4n) is 3.09. The van der Waals surface area contributed by atoms with E-state index in [1.54, 1.807) is 0 Å². The number of halogens is 4. The molecule has 2 amide bonds. The lowest BCUT2D eigenvalue weighted by Gasteiger charge is -2.17. The highest BCUT2D eigenvalue weighted by Crippen LogP contribution is 2.35. The number of carbonyl (C=O) groups is 2. The van der Waals surface area contributed by atoms with Crippen LogP contribution in [0.15, 0.2) is 36.4 Å². The Morgan fingerprint density at radius 1 is 1.12 bits per heavy atom. The van der Waals surface area contributed by atoms with Gasteiger partial charge in [0.2, 0.25) is 11.8 Å². The predicted octanol–water partition coefficient (Wildman–Crippen LogP) is 3.05. The van der Waals surface area contributed by atoms with E-state index in [0.29, 0.717) is 6.07 Å². The number of likely N-dealkylation sites (N-methyl/N-ethyl adjacent to an activating group) is 1. The molecule has 8 heteroatoms. The van der Waals surface area contributed by atoms with E-state index in [1.807, 2.05) is 0 Å². The van der Waals surface area contributed by atoms with Gasteiger partial charge < -0.3 is 10.2 Å². The first-order valence-corrected chi connectivity index (χ1v) is 7.73. The van der Waals surface area contributed by atoms with Crippen molar-refractivity contribution in [1.82, 2.24) is 4.90 Å². The first kappa shape index (κ1) is 17.9. The van der Waals surface area contributed by atoms with Crippen LogP contribution in [0.4, 0.5) is 23.2 Å². The smallest absolute Gasteiger partial charge is 0.237 e. The van der Waals surface area contributed by atoms with Crippen LogP contribution >= 0.6 is 0 Å². The fourth-order valence-corrected chi connectivity index (χ4v) is 3.09. The zero-order chi connectivity index (χ0) is 19.0. The molecule has 0 radical (unpaired) electrons. The van der Waals surface area contributed by atoms with E-state index in [0.717, 1.165) is 24.3 Å². The van der Waals surface area contributed by atoms with Gasteiger partial charge in [0.25, 0.3) is 0 Å². The van der Waals surface area contributed by atoms with Crippen LogP contribution in [0.5, 0.6) is 0 Å². The van der Waals surface area contributed by atoms with Crippen molar-refractivity contribution in [3.05, 3.63) is 65.2 Å². The minimum atomic E-state index is -1.32. The highest BCUT2D eigenvalue weighted by Gasteiger charge is 2.44. The van der Waals surface area contributed by atoms with Gasteiger partial charge in [0.1, 0.15) is 17.6 Å². The summed E-state index contributed by atoms with van der Waals surface area (Å²) in [5.74, 6) is -7.67. The van der Waals surface area contributed by atoms with Crippen molar-refractivity contribution in [2.45, 2.75) is 5.92 Å². The SMILES string of the molecule is CN1C[C@H](c2cc(F)cc(F)c2)[C@@H](C(=O)Nc2cccc(F)c2F)C1=O. The number of likely N-dealkylation sites (tertiary alicyclic amines) is 1. The Hall–Kier alpha value is -2.90. The van der Waals surface area contributed by atoms with Gasteiger partial charge in [-0.1, -0.05) is 6.07 Å². The summed E-state index contributed by atoms with van der Waals surface area (Å²) in [6, 6.07) is 6.01. The Bertz CT molecular complexity index is 867. The maximum Gasteiger partial charge on any atom is 0.237 e. The molecule has 1 saturated heterocycles. The molecule has 4 nitrogen and oxygen atoms in total. The molecule has 1 fully saturated rings. The number of anilines is 1. The summed E-state index contributed by atoms with van der Waals surface area (Å²) in [6.45, 7) is 0.0610. The van der Waals surface area contributed by atoms with E-state index in [9.17, 15) is 27.2 Å². The van der Waals surface area contributed by atoms with E-state index in [2.05, 4.69) is 5.32 Å². The minimum absolute atomic E-state index is 0.0610. The van der Waals surface area contributed by atoms with Crippen molar-refractivity contribution >= 4 is 17.5 Å². The fraction of sp³-hybridized carbons (Fsp3) is 0.222. The van der Waals surface area contributed by atoms with Crippen LogP contribution in [-0.2, 0) is 9.59 Å². The lowest BCUT2D eigenvalue weighted by Crippen LogP contribution is -2.33. The van der Waals surface area contributed by atoms with Gasteiger partial charge in [0, 0.05) is 25.6 Å². The molecule has 2 aromatic carbocycles. The number of nitrogens with zero attached hydrogens (tertiary/aromatic N) is 1. The maximum atomic E-state index is 13.8. The summed E-state index contributed by atoms with van der Waals surface area (Å²) < 4.78 is 54.1. The van der Waals surface area contributed by atoms with Crippen LogP contribution in [0.25, 0.3) is 0 Å². The van der Waals surface area contributed by atoms with E-state index < -0.39 is 52.6 Å². The van der Waals surface area contributed by atoms with E-state index in [1.165, 1.54) is 18.0 Å². The van der Waals surface area contributed by atoms with E-state index in [-0.39, 0.29) is 12.1 Å². The topological polar surface area (TPSA) is 49.4 Å². The van der Waals surface area contributed by atoms with Crippen molar-refractivity contribution < 1.29 is 27.2 Å². The number of rotatable bonds is 3. The predicted molar refractivity (Wildman–Crippen MR) is 85.2 cm³/mol. The Morgan fingerprint density at radius 2 is 1.77 bits per heavy atom. The van der Waals surface area contributed by atoms with Crippen molar-refractivity contribution in [3.63, 3.8) is 0 Å². The molecule has 0 aliphatic carbocycles. The summed E-state index contributed by atoms with van der Waals surface area (Å²) in [6.07, 6.45) is 0. The van der Waals surface area contributed by atoms with E-state index in [4.69, 9.17) is 0 Å². The molecule has 0 saturated carbocycles. The van der Waals surface area contributed by atoms with Gasteiger partial charge in [-0.2, -0.15) is 0 Å².